The van der Waals surface area contributed by atoms with Crippen LogP contribution in [0.2, 0.25) is 0 Å². The average Bonchev–Trinajstić information content (AvgIpc) is 2.73. The van der Waals surface area contributed by atoms with Gasteiger partial charge in [0, 0.05) is 25.4 Å². The van der Waals surface area contributed by atoms with Crippen LogP contribution in [0.4, 0.5) is 0 Å². The molecular formula is C11H14N4O. The lowest BCUT2D eigenvalue weighted by Gasteiger charge is -2.11. The third kappa shape index (κ3) is 2.64. The van der Waals surface area contributed by atoms with Gasteiger partial charge >= 0.3 is 0 Å². The van der Waals surface area contributed by atoms with Gasteiger partial charge in [0.05, 0.1) is 6.54 Å². The highest BCUT2D eigenvalue weighted by atomic mass is 16.5. The van der Waals surface area contributed by atoms with Crippen molar-refractivity contribution in [2.75, 3.05) is 0 Å². The van der Waals surface area contributed by atoms with Crippen molar-refractivity contribution >= 4 is 0 Å². The van der Waals surface area contributed by atoms with E-state index in [-0.39, 0.29) is 6.04 Å². The lowest BCUT2D eigenvalue weighted by Crippen LogP contribution is -2.18. The van der Waals surface area contributed by atoms with Crippen molar-refractivity contribution in [2.45, 2.75) is 26.4 Å². The first kappa shape index (κ1) is 10.8. The number of rotatable bonds is 4. The van der Waals surface area contributed by atoms with E-state index in [1.54, 1.807) is 19.3 Å². The van der Waals surface area contributed by atoms with Crippen molar-refractivity contribution in [2.24, 2.45) is 0 Å². The summed E-state index contributed by atoms with van der Waals surface area (Å²) >= 11 is 0. The molecule has 0 aliphatic carbocycles. The van der Waals surface area contributed by atoms with E-state index >= 15 is 0 Å². The molecule has 0 aliphatic heterocycles. The lowest BCUT2D eigenvalue weighted by atomic mass is 10.1. The molecule has 0 saturated heterocycles. The fraction of sp³-hybridized carbons (Fsp3) is 0.364. The number of nitrogens with zero attached hydrogens (tertiary/aromatic N) is 3. The van der Waals surface area contributed by atoms with Gasteiger partial charge in [-0.2, -0.15) is 4.98 Å². The van der Waals surface area contributed by atoms with Gasteiger partial charge in [0.25, 0.3) is 0 Å². The lowest BCUT2D eigenvalue weighted by molar-refractivity contribution is 0.384. The topological polar surface area (TPSA) is 63.8 Å². The Bertz CT molecular complexity index is 440. The van der Waals surface area contributed by atoms with E-state index in [2.05, 4.69) is 27.4 Å². The molecule has 1 atom stereocenters. The molecule has 0 bridgehead atoms. The maximum absolute atomic E-state index is 4.89. The zero-order valence-electron chi connectivity index (χ0n) is 9.34. The summed E-state index contributed by atoms with van der Waals surface area (Å²) in [7, 11) is 0. The van der Waals surface area contributed by atoms with Gasteiger partial charge in [-0.3, -0.25) is 4.98 Å². The zero-order chi connectivity index (χ0) is 11.4. The second kappa shape index (κ2) is 4.85. The first-order valence-corrected chi connectivity index (χ1v) is 5.18. The number of pyridine rings is 1. The molecule has 0 fully saturated rings. The van der Waals surface area contributed by atoms with Gasteiger partial charge in [-0.15, -0.1) is 0 Å². The van der Waals surface area contributed by atoms with Crippen LogP contribution in [0.1, 0.15) is 30.2 Å². The maximum Gasteiger partial charge on any atom is 0.223 e. The molecule has 2 rings (SSSR count). The van der Waals surface area contributed by atoms with Crippen LogP contribution in [-0.2, 0) is 6.54 Å². The second-order valence-electron chi connectivity index (χ2n) is 3.61. The summed E-state index contributed by atoms with van der Waals surface area (Å²) in [5.41, 5.74) is 1.19. The zero-order valence-corrected chi connectivity index (χ0v) is 9.34. The Morgan fingerprint density at radius 3 is 2.75 bits per heavy atom. The summed E-state index contributed by atoms with van der Waals surface area (Å²) in [5.74, 6) is 1.27. The van der Waals surface area contributed by atoms with Gasteiger partial charge in [0.2, 0.25) is 5.89 Å². The van der Waals surface area contributed by atoms with Gasteiger partial charge < -0.3 is 9.84 Å². The van der Waals surface area contributed by atoms with Crippen molar-refractivity contribution < 1.29 is 4.52 Å². The van der Waals surface area contributed by atoms with Crippen LogP contribution in [0.3, 0.4) is 0 Å². The normalized spacial score (nSPS) is 12.6. The molecule has 0 saturated carbocycles. The average molecular weight is 218 g/mol. The van der Waals surface area contributed by atoms with Crippen molar-refractivity contribution in [1.82, 2.24) is 20.4 Å². The third-order valence-corrected chi connectivity index (χ3v) is 2.34. The fourth-order valence-electron chi connectivity index (χ4n) is 1.43. The Morgan fingerprint density at radius 2 is 2.12 bits per heavy atom. The number of hydrogen-bond donors (Lipinski definition) is 1. The minimum Gasteiger partial charge on any atom is -0.340 e. The van der Waals surface area contributed by atoms with Gasteiger partial charge in [-0.05, 0) is 24.6 Å². The first-order chi connectivity index (χ1) is 7.75. The van der Waals surface area contributed by atoms with Crippen molar-refractivity contribution in [3.8, 4) is 0 Å². The van der Waals surface area contributed by atoms with E-state index in [0.717, 1.165) is 0 Å². The van der Waals surface area contributed by atoms with Crippen molar-refractivity contribution in [3.63, 3.8) is 0 Å². The molecular weight excluding hydrogens is 204 g/mol. The molecule has 2 aromatic heterocycles. The Hall–Kier alpha value is -1.75. The SMILES string of the molecule is Cc1nc(CN[C@@H](C)c2ccncc2)no1. The van der Waals surface area contributed by atoms with E-state index in [1.165, 1.54) is 5.56 Å². The van der Waals surface area contributed by atoms with E-state index in [0.29, 0.717) is 18.3 Å². The first-order valence-electron chi connectivity index (χ1n) is 5.18. The Kier molecular flexibility index (Phi) is 3.26. The van der Waals surface area contributed by atoms with E-state index in [4.69, 9.17) is 4.52 Å². The third-order valence-electron chi connectivity index (χ3n) is 2.34. The molecule has 2 heterocycles. The molecule has 16 heavy (non-hydrogen) atoms. The highest BCUT2D eigenvalue weighted by Crippen LogP contribution is 2.10. The minimum atomic E-state index is 0.238. The predicted molar refractivity (Wildman–Crippen MR) is 58.5 cm³/mol. The molecule has 1 N–H and O–H groups in total. The summed E-state index contributed by atoms with van der Waals surface area (Å²) in [4.78, 5) is 8.11. The molecule has 0 unspecified atom stereocenters. The molecule has 2 aromatic rings. The summed E-state index contributed by atoms with van der Waals surface area (Å²) in [5, 5.41) is 7.14. The number of nitrogens with one attached hydrogen (secondary N) is 1. The highest BCUT2D eigenvalue weighted by Gasteiger charge is 2.06. The van der Waals surface area contributed by atoms with E-state index in [9.17, 15) is 0 Å². The van der Waals surface area contributed by atoms with Crippen LogP contribution in [0, 0.1) is 6.92 Å². The van der Waals surface area contributed by atoms with E-state index < -0.39 is 0 Å². The predicted octanol–water partition coefficient (Wildman–Crippen LogP) is 1.62. The quantitative estimate of drug-likeness (QED) is 0.844. The van der Waals surface area contributed by atoms with Gasteiger partial charge in [-0.1, -0.05) is 5.16 Å². The molecule has 0 radical (unpaired) electrons. The molecule has 0 amide bonds. The largest absolute Gasteiger partial charge is 0.340 e. The summed E-state index contributed by atoms with van der Waals surface area (Å²) in [6.07, 6.45) is 3.57. The summed E-state index contributed by atoms with van der Waals surface area (Å²) in [6.45, 7) is 4.46. The number of aryl methyl sites for hydroxylation is 1. The van der Waals surface area contributed by atoms with Crippen LogP contribution in [0.5, 0.6) is 0 Å². The number of aromatic nitrogens is 3. The van der Waals surface area contributed by atoms with Crippen LogP contribution < -0.4 is 5.32 Å². The van der Waals surface area contributed by atoms with Crippen LogP contribution in [0.15, 0.2) is 29.0 Å². The second-order valence-corrected chi connectivity index (χ2v) is 3.61. The molecule has 5 heteroatoms. The smallest absolute Gasteiger partial charge is 0.223 e. The summed E-state index contributed by atoms with van der Waals surface area (Å²) in [6, 6.07) is 4.21. The van der Waals surface area contributed by atoms with Gasteiger partial charge in [0.1, 0.15) is 0 Å². The minimum absolute atomic E-state index is 0.238. The fourth-order valence-corrected chi connectivity index (χ4v) is 1.43. The van der Waals surface area contributed by atoms with Crippen molar-refractivity contribution in [3.05, 3.63) is 41.8 Å². The maximum atomic E-state index is 4.89. The Morgan fingerprint density at radius 1 is 1.38 bits per heavy atom. The Balaban J connectivity index is 1.91. The van der Waals surface area contributed by atoms with E-state index in [1.807, 2.05) is 12.1 Å². The molecule has 5 nitrogen and oxygen atoms in total. The Labute approximate surface area is 93.9 Å². The van der Waals surface area contributed by atoms with Gasteiger partial charge in [0.15, 0.2) is 5.82 Å². The summed E-state index contributed by atoms with van der Waals surface area (Å²) < 4.78 is 4.89. The van der Waals surface area contributed by atoms with Crippen LogP contribution in [-0.4, -0.2) is 15.1 Å². The molecule has 84 valence electrons. The van der Waals surface area contributed by atoms with Crippen LogP contribution >= 0.6 is 0 Å². The molecule has 0 spiro atoms. The monoisotopic (exact) mass is 218 g/mol. The number of hydrogen-bond acceptors (Lipinski definition) is 5. The van der Waals surface area contributed by atoms with Gasteiger partial charge in [-0.25, -0.2) is 0 Å². The standard InChI is InChI=1S/C11H14N4O/c1-8(10-3-5-12-6-4-10)13-7-11-14-9(2)16-15-11/h3-6,8,13H,7H2,1-2H3/t8-/m0/s1. The highest BCUT2D eigenvalue weighted by molar-refractivity contribution is 5.13. The molecule has 0 aliphatic rings. The van der Waals surface area contributed by atoms with Crippen molar-refractivity contribution in [1.29, 1.82) is 0 Å². The molecule has 0 aromatic carbocycles. The van der Waals surface area contributed by atoms with Crippen LogP contribution in [0.25, 0.3) is 0 Å².